The fourth-order valence-electron chi connectivity index (χ4n) is 5.82. The second kappa shape index (κ2) is 12.0. The summed E-state index contributed by atoms with van der Waals surface area (Å²) in [6, 6.07) is 5.54. The maximum absolute atomic E-state index is 12.0. The third-order valence-electron chi connectivity index (χ3n) is 8.67. The fraction of sp³-hybridized carbons (Fsp3) is 0.741. The molecule has 0 aromatic rings. The molecule has 2 heterocycles. The van der Waals surface area contributed by atoms with Crippen LogP contribution in [-0.2, 0) is 4.79 Å². The van der Waals surface area contributed by atoms with Crippen LogP contribution in [0.15, 0.2) is 23.7 Å². The largest absolute Gasteiger partial charge is 0.405 e. The smallest absolute Gasteiger partial charge is 0.326 e. The van der Waals surface area contributed by atoms with Crippen molar-refractivity contribution in [3.63, 3.8) is 0 Å². The van der Waals surface area contributed by atoms with Crippen molar-refractivity contribution in [3.05, 3.63) is 28.6 Å². The molecule has 1 spiro atoms. The molecule has 0 aromatic carbocycles. The number of nitrogens with one attached hydrogen (secondary N) is 3. The molecule has 36 heavy (non-hydrogen) atoms. The van der Waals surface area contributed by atoms with E-state index in [1.54, 1.807) is 6.20 Å². The lowest BCUT2D eigenvalue weighted by Gasteiger charge is -2.46. The number of nitrogens with two attached hydrogens (primary N) is 1. The summed E-state index contributed by atoms with van der Waals surface area (Å²) in [4.78, 5) is 18.3. The van der Waals surface area contributed by atoms with E-state index in [-0.39, 0.29) is 18.5 Å². The van der Waals surface area contributed by atoms with Gasteiger partial charge in [0.25, 0.3) is 0 Å². The predicted molar refractivity (Wildman–Crippen MR) is 141 cm³/mol. The number of hydrogen-bond acceptors (Lipinski definition) is 7. The first-order valence-electron chi connectivity index (χ1n) is 13.6. The maximum Gasteiger partial charge on any atom is 0.326 e. The molecule has 196 valence electrons. The standard InChI is InChI=1S/C27H43N8O/c1-20-15-22(20)17-35-18-24(6-12-32-35)30-19-31-26(21(2)16-29)33-23-3-7-27(8-4-23)9-13-34(14-10-27)25(36)5-11-28/h16,18,20,22-23,26,30-31,33H,3-10,13-15,17,19,29H2,1-2H3/q+1/b21-16-. The summed E-state index contributed by atoms with van der Waals surface area (Å²) < 4.78 is 0. The lowest BCUT2D eigenvalue weighted by Crippen LogP contribution is -2.53. The molecule has 5 N–H and O–H groups in total. The van der Waals surface area contributed by atoms with E-state index in [9.17, 15) is 4.79 Å². The molecule has 1 saturated heterocycles. The molecule has 3 unspecified atom stereocenters. The Morgan fingerprint density at radius 3 is 2.72 bits per heavy atom. The average Bonchev–Trinajstić information content (AvgIpc) is 3.59. The molecule has 0 radical (unpaired) electrons. The van der Waals surface area contributed by atoms with Gasteiger partial charge in [-0.15, -0.1) is 0 Å². The summed E-state index contributed by atoms with van der Waals surface area (Å²) >= 11 is 0. The van der Waals surface area contributed by atoms with Gasteiger partial charge in [0.2, 0.25) is 5.91 Å². The fourth-order valence-corrected chi connectivity index (χ4v) is 5.82. The number of carbonyl (C=O) groups excluding carboxylic acids is 1. The summed E-state index contributed by atoms with van der Waals surface area (Å²) in [7, 11) is 0. The molecule has 2 aliphatic carbocycles. The zero-order chi connectivity index (χ0) is 25.5. The highest BCUT2D eigenvalue weighted by Gasteiger charge is 2.39. The molecule has 4 aliphatic rings. The summed E-state index contributed by atoms with van der Waals surface area (Å²) in [5, 5.41) is 21.7. The number of hydrogen-bond donors (Lipinski definition) is 4. The number of likely N-dealkylation sites (tertiary alicyclic amines) is 1. The average molecular weight is 496 g/mol. The van der Waals surface area contributed by atoms with Crippen molar-refractivity contribution in [2.24, 2.45) is 23.0 Å². The monoisotopic (exact) mass is 495 g/mol. The zero-order valence-corrected chi connectivity index (χ0v) is 21.9. The summed E-state index contributed by atoms with van der Waals surface area (Å²) in [6.45, 7) is 7.54. The second-order valence-electron chi connectivity index (χ2n) is 11.2. The minimum atomic E-state index is -0.0198. The Hall–Kier alpha value is -2.75. The third kappa shape index (κ3) is 6.93. The van der Waals surface area contributed by atoms with Gasteiger partial charge in [-0.2, -0.15) is 5.26 Å². The van der Waals surface area contributed by atoms with Crippen LogP contribution in [0.1, 0.15) is 71.6 Å². The van der Waals surface area contributed by atoms with Gasteiger partial charge in [-0.05, 0) is 85.9 Å². The Balaban J connectivity index is 1.21. The molecule has 0 bridgehead atoms. The lowest BCUT2D eigenvalue weighted by atomic mass is 9.67. The number of nitrogens with zero attached hydrogens (tertiary/aromatic N) is 4. The molecule has 0 aromatic heterocycles. The Bertz CT molecular complexity index is 939. The number of nitriles is 1. The predicted octanol–water partition coefficient (Wildman–Crippen LogP) is 2.82. The molecular formula is C27H43N8O+. The number of rotatable bonds is 10. The van der Waals surface area contributed by atoms with E-state index in [0.717, 1.165) is 68.4 Å². The van der Waals surface area contributed by atoms with E-state index in [4.69, 9.17) is 11.0 Å². The SMILES string of the molecule is C/C(=C/N)C(NCNC1=CN(CC2CC2C)[N+]#CC1)NC1CCC2(CC1)CCN(C(=O)CC#N)CC2. The van der Waals surface area contributed by atoms with Crippen LogP contribution in [0.25, 0.3) is 4.95 Å². The van der Waals surface area contributed by atoms with Gasteiger partial charge >= 0.3 is 6.07 Å². The zero-order valence-electron chi connectivity index (χ0n) is 21.9. The van der Waals surface area contributed by atoms with Gasteiger partial charge in [-0.3, -0.25) is 15.4 Å². The molecule has 1 amide bonds. The van der Waals surface area contributed by atoms with E-state index in [1.165, 1.54) is 19.3 Å². The van der Waals surface area contributed by atoms with E-state index in [1.807, 2.05) is 16.0 Å². The van der Waals surface area contributed by atoms with Crippen molar-refractivity contribution in [2.45, 2.75) is 83.8 Å². The van der Waals surface area contributed by atoms with Crippen LogP contribution in [-0.4, -0.2) is 54.3 Å². The van der Waals surface area contributed by atoms with Crippen LogP contribution in [0.2, 0.25) is 0 Å². The highest BCUT2D eigenvalue weighted by atomic mass is 16.2. The molecule has 2 aliphatic heterocycles. The first-order valence-corrected chi connectivity index (χ1v) is 13.6. The molecule has 9 heteroatoms. The van der Waals surface area contributed by atoms with Crippen LogP contribution < -0.4 is 21.7 Å². The summed E-state index contributed by atoms with van der Waals surface area (Å²) in [5.41, 5.74) is 8.44. The Labute approximate surface area is 215 Å². The van der Waals surface area contributed by atoms with Crippen LogP contribution in [0, 0.1) is 34.7 Å². The van der Waals surface area contributed by atoms with Crippen LogP contribution in [0.3, 0.4) is 0 Å². The Kier molecular flexibility index (Phi) is 8.77. The number of amides is 1. The van der Waals surface area contributed by atoms with E-state index in [2.05, 4.69) is 47.0 Å². The summed E-state index contributed by atoms with van der Waals surface area (Å²) in [5.74, 6) is 1.55. The topological polar surface area (TPSA) is 114 Å². The maximum atomic E-state index is 12.0. The molecule has 9 nitrogen and oxygen atoms in total. The Morgan fingerprint density at radius 2 is 2.08 bits per heavy atom. The summed E-state index contributed by atoms with van der Waals surface area (Å²) in [6.07, 6.45) is 12.5. The van der Waals surface area contributed by atoms with Gasteiger partial charge in [0, 0.05) is 19.1 Å². The third-order valence-corrected chi connectivity index (χ3v) is 8.67. The van der Waals surface area contributed by atoms with Crippen LogP contribution in [0.5, 0.6) is 0 Å². The van der Waals surface area contributed by atoms with Crippen LogP contribution >= 0.6 is 0 Å². The van der Waals surface area contributed by atoms with Gasteiger partial charge in [-0.1, -0.05) is 6.92 Å². The van der Waals surface area contributed by atoms with E-state index >= 15 is 0 Å². The van der Waals surface area contributed by atoms with Crippen molar-refractivity contribution >= 4 is 5.91 Å². The van der Waals surface area contributed by atoms with Gasteiger partial charge in [-0.25, -0.2) is 0 Å². The number of allylic oxidation sites excluding steroid dienone is 1. The molecule has 3 atom stereocenters. The lowest BCUT2D eigenvalue weighted by molar-refractivity contribution is -0.132. The van der Waals surface area contributed by atoms with Crippen molar-refractivity contribution in [1.82, 2.24) is 25.9 Å². The molecular weight excluding hydrogens is 452 g/mol. The number of carbonyl (C=O) groups is 1. The number of piperidine rings is 1. The first-order chi connectivity index (χ1) is 17.4. The molecule has 4 rings (SSSR count). The van der Waals surface area contributed by atoms with Crippen molar-refractivity contribution in [2.75, 3.05) is 26.3 Å². The van der Waals surface area contributed by atoms with Gasteiger partial charge in [0.05, 0.1) is 36.1 Å². The molecule has 3 fully saturated rings. The Morgan fingerprint density at radius 1 is 1.36 bits per heavy atom. The second-order valence-corrected chi connectivity index (χ2v) is 11.2. The quantitative estimate of drug-likeness (QED) is 0.345. The molecule has 2 saturated carbocycles. The minimum absolute atomic E-state index is 0.00260. The highest BCUT2D eigenvalue weighted by molar-refractivity contribution is 5.78. The normalized spacial score (nSPS) is 26.5. The van der Waals surface area contributed by atoms with Crippen molar-refractivity contribution in [1.29, 1.82) is 5.26 Å². The highest BCUT2D eigenvalue weighted by Crippen LogP contribution is 2.44. The van der Waals surface area contributed by atoms with E-state index < -0.39 is 0 Å². The minimum Gasteiger partial charge on any atom is -0.405 e. The van der Waals surface area contributed by atoms with Gasteiger partial charge in [0.15, 0.2) is 0 Å². The van der Waals surface area contributed by atoms with Crippen molar-refractivity contribution in [3.8, 4) is 12.1 Å². The van der Waals surface area contributed by atoms with Crippen LogP contribution in [0.4, 0.5) is 0 Å². The van der Waals surface area contributed by atoms with Gasteiger partial charge in [0.1, 0.15) is 19.0 Å². The van der Waals surface area contributed by atoms with Crippen molar-refractivity contribution < 1.29 is 4.79 Å². The first kappa shape index (κ1) is 26.3. The van der Waals surface area contributed by atoms with Gasteiger partial charge < -0.3 is 16.0 Å². The van der Waals surface area contributed by atoms with E-state index in [0.29, 0.717) is 24.5 Å².